The molecule has 0 aliphatic rings. The Labute approximate surface area is 140 Å². The molecule has 1 aromatic rings. The van der Waals surface area contributed by atoms with Crippen molar-refractivity contribution >= 4 is 17.6 Å². The van der Waals surface area contributed by atoms with Gasteiger partial charge < -0.3 is 19.9 Å². The molecular formula is C16H21N3O5. The molecule has 0 saturated heterocycles. The van der Waals surface area contributed by atoms with Gasteiger partial charge in [0.2, 0.25) is 0 Å². The van der Waals surface area contributed by atoms with Crippen molar-refractivity contribution in [2.45, 2.75) is 38.7 Å². The molecule has 0 aromatic carbocycles. The standard InChI is InChI=1S/C16H21N3O5/c1-4-24-14(20)6-5-7-16(2,22)15(21)19-11-8-13(23-3)12(9-17)18-10-11/h8,10,22H,4-7H2,1-3H3,(H,19,21). The van der Waals surface area contributed by atoms with Crippen LogP contribution in [-0.2, 0) is 14.3 Å². The first-order chi connectivity index (χ1) is 11.3. The fourth-order valence-electron chi connectivity index (χ4n) is 1.94. The summed E-state index contributed by atoms with van der Waals surface area (Å²) in [6, 6.07) is 3.31. The smallest absolute Gasteiger partial charge is 0.305 e. The van der Waals surface area contributed by atoms with Gasteiger partial charge in [-0.3, -0.25) is 9.59 Å². The third-order valence-electron chi connectivity index (χ3n) is 3.28. The SMILES string of the molecule is CCOC(=O)CCCC(C)(O)C(=O)Nc1cnc(C#N)c(OC)c1. The molecule has 8 heteroatoms. The Kier molecular flexibility index (Phi) is 7.14. The van der Waals surface area contributed by atoms with E-state index in [4.69, 9.17) is 14.7 Å². The van der Waals surface area contributed by atoms with Crippen LogP contribution < -0.4 is 10.1 Å². The van der Waals surface area contributed by atoms with E-state index in [9.17, 15) is 14.7 Å². The van der Waals surface area contributed by atoms with E-state index in [1.54, 1.807) is 6.92 Å². The summed E-state index contributed by atoms with van der Waals surface area (Å²) in [6.45, 7) is 3.37. The highest BCUT2D eigenvalue weighted by Crippen LogP contribution is 2.22. The van der Waals surface area contributed by atoms with Gasteiger partial charge in [0.25, 0.3) is 5.91 Å². The Balaban J connectivity index is 2.65. The second-order valence-corrected chi connectivity index (χ2v) is 5.27. The van der Waals surface area contributed by atoms with Gasteiger partial charge in [0, 0.05) is 12.5 Å². The molecule has 1 amide bonds. The van der Waals surface area contributed by atoms with Gasteiger partial charge in [0.15, 0.2) is 11.4 Å². The Morgan fingerprint density at radius 3 is 2.79 bits per heavy atom. The van der Waals surface area contributed by atoms with E-state index in [0.717, 1.165) is 0 Å². The normalized spacial score (nSPS) is 12.6. The van der Waals surface area contributed by atoms with Crippen molar-refractivity contribution in [3.63, 3.8) is 0 Å². The second-order valence-electron chi connectivity index (χ2n) is 5.27. The first kappa shape index (κ1) is 19.4. The molecule has 8 nitrogen and oxygen atoms in total. The molecule has 0 aliphatic carbocycles. The number of hydrogen-bond acceptors (Lipinski definition) is 7. The van der Waals surface area contributed by atoms with Crippen LogP contribution in [0.25, 0.3) is 0 Å². The number of nitrogens with zero attached hydrogens (tertiary/aromatic N) is 2. The summed E-state index contributed by atoms with van der Waals surface area (Å²) in [7, 11) is 1.38. The summed E-state index contributed by atoms with van der Waals surface area (Å²) in [5.74, 6) is -0.785. The van der Waals surface area contributed by atoms with Gasteiger partial charge in [-0.15, -0.1) is 0 Å². The van der Waals surface area contributed by atoms with Gasteiger partial charge in [0.05, 0.1) is 25.6 Å². The average molecular weight is 335 g/mol. The lowest BCUT2D eigenvalue weighted by Gasteiger charge is -2.22. The molecule has 1 atom stereocenters. The van der Waals surface area contributed by atoms with E-state index in [1.165, 1.54) is 26.3 Å². The molecule has 0 bridgehead atoms. The summed E-state index contributed by atoms with van der Waals surface area (Å²) in [5, 5.41) is 21.6. The van der Waals surface area contributed by atoms with Gasteiger partial charge in [-0.1, -0.05) is 0 Å². The number of ether oxygens (including phenoxy) is 2. The molecule has 1 rings (SSSR count). The van der Waals surface area contributed by atoms with Gasteiger partial charge in [-0.2, -0.15) is 5.26 Å². The Bertz CT molecular complexity index is 637. The third-order valence-corrected chi connectivity index (χ3v) is 3.28. The van der Waals surface area contributed by atoms with E-state index in [2.05, 4.69) is 10.3 Å². The number of nitriles is 1. The fraction of sp³-hybridized carbons (Fsp3) is 0.500. The molecule has 0 fully saturated rings. The topological polar surface area (TPSA) is 122 Å². The Hall–Kier alpha value is -2.66. The van der Waals surface area contributed by atoms with Crippen molar-refractivity contribution in [3.05, 3.63) is 18.0 Å². The quantitative estimate of drug-likeness (QED) is 0.688. The van der Waals surface area contributed by atoms with E-state index in [0.29, 0.717) is 18.7 Å². The van der Waals surface area contributed by atoms with Crippen LogP contribution in [0, 0.1) is 11.3 Å². The second kappa shape index (κ2) is 8.84. The first-order valence-corrected chi connectivity index (χ1v) is 7.47. The Morgan fingerprint density at radius 1 is 1.50 bits per heavy atom. The molecule has 1 unspecified atom stereocenters. The molecule has 130 valence electrons. The van der Waals surface area contributed by atoms with Gasteiger partial charge in [0.1, 0.15) is 11.7 Å². The zero-order valence-electron chi connectivity index (χ0n) is 14.0. The minimum atomic E-state index is -1.66. The number of pyridine rings is 1. The number of methoxy groups -OCH3 is 1. The van der Waals surface area contributed by atoms with Crippen LogP contribution in [0.1, 0.15) is 38.8 Å². The maximum atomic E-state index is 12.2. The molecule has 0 spiro atoms. The number of hydrogen-bond donors (Lipinski definition) is 2. The highest BCUT2D eigenvalue weighted by atomic mass is 16.5. The molecular weight excluding hydrogens is 314 g/mol. The van der Waals surface area contributed by atoms with Gasteiger partial charge in [-0.05, 0) is 26.7 Å². The zero-order valence-corrected chi connectivity index (χ0v) is 14.0. The summed E-state index contributed by atoms with van der Waals surface area (Å²) < 4.78 is 9.80. The molecule has 24 heavy (non-hydrogen) atoms. The number of amides is 1. The van der Waals surface area contributed by atoms with Crippen LogP contribution >= 0.6 is 0 Å². The predicted molar refractivity (Wildman–Crippen MR) is 85.2 cm³/mol. The monoisotopic (exact) mass is 335 g/mol. The number of rotatable bonds is 8. The lowest BCUT2D eigenvalue weighted by atomic mass is 9.98. The molecule has 0 aliphatic heterocycles. The number of carbonyl (C=O) groups is 2. The number of carbonyl (C=O) groups excluding carboxylic acids is 2. The minimum absolute atomic E-state index is 0.0942. The van der Waals surface area contributed by atoms with Crippen LogP contribution in [0.15, 0.2) is 12.3 Å². The van der Waals surface area contributed by atoms with Crippen molar-refractivity contribution in [1.82, 2.24) is 4.98 Å². The van der Waals surface area contributed by atoms with Crippen LogP contribution in [0.3, 0.4) is 0 Å². The van der Waals surface area contributed by atoms with Crippen LogP contribution in [-0.4, -0.2) is 41.3 Å². The third kappa shape index (κ3) is 5.52. The molecule has 1 heterocycles. The summed E-state index contributed by atoms with van der Waals surface area (Å²) in [5.41, 5.74) is -1.27. The number of anilines is 1. The predicted octanol–water partition coefficient (Wildman–Crippen LogP) is 1.38. The lowest BCUT2D eigenvalue weighted by Crippen LogP contribution is -2.40. The van der Waals surface area contributed by atoms with Crippen molar-refractivity contribution in [2.24, 2.45) is 0 Å². The maximum absolute atomic E-state index is 12.2. The highest BCUT2D eigenvalue weighted by molar-refractivity contribution is 5.96. The van der Waals surface area contributed by atoms with Crippen LogP contribution in [0.5, 0.6) is 5.75 Å². The van der Waals surface area contributed by atoms with E-state index in [-0.39, 0.29) is 30.3 Å². The maximum Gasteiger partial charge on any atom is 0.305 e. The molecule has 1 aromatic heterocycles. The number of esters is 1. The first-order valence-electron chi connectivity index (χ1n) is 7.47. The molecule has 2 N–H and O–H groups in total. The van der Waals surface area contributed by atoms with Crippen molar-refractivity contribution < 1.29 is 24.2 Å². The van der Waals surface area contributed by atoms with E-state index < -0.39 is 11.5 Å². The molecule has 0 saturated carbocycles. The van der Waals surface area contributed by atoms with Crippen LogP contribution in [0.4, 0.5) is 5.69 Å². The van der Waals surface area contributed by atoms with Crippen molar-refractivity contribution in [1.29, 1.82) is 5.26 Å². The number of aliphatic hydroxyl groups is 1. The van der Waals surface area contributed by atoms with E-state index >= 15 is 0 Å². The lowest BCUT2D eigenvalue weighted by molar-refractivity contribution is -0.144. The highest BCUT2D eigenvalue weighted by Gasteiger charge is 2.30. The Morgan fingerprint density at radius 2 is 2.21 bits per heavy atom. The summed E-state index contributed by atoms with van der Waals surface area (Å²) >= 11 is 0. The summed E-state index contributed by atoms with van der Waals surface area (Å²) in [6.07, 6.45) is 1.84. The van der Waals surface area contributed by atoms with Crippen molar-refractivity contribution in [2.75, 3.05) is 19.0 Å². The van der Waals surface area contributed by atoms with Crippen LogP contribution in [0.2, 0.25) is 0 Å². The molecule has 0 radical (unpaired) electrons. The summed E-state index contributed by atoms with van der Waals surface area (Å²) in [4.78, 5) is 27.3. The number of nitrogens with one attached hydrogen (secondary N) is 1. The van der Waals surface area contributed by atoms with E-state index in [1.807, 2.05) is 6.07 Å². The zero-order chi connectivity index (χ0) is 18.2. The van der Waals surface area contributed by atoms with Gasteiger partial charge >= 0.3 is 5.97 Å². The van der Waals surface area contributed by atoms with Gasteiger partial charge in [-0.25, -0.2) is 4.98 Å². The fourth-order valence-corrected chi connectivity index (χ4v) is 1.94. The minimum Gasteiger partial charge on any atom is -0.494 e. The average Bonchev–Trinajstić information content (AvgIpc) is 2.54. The number of aromatic nitrogens is 1. The van der Waals surface area contributed by atoms with Crippen molar-refractivity contribution in [3.8, 4) is 11.8 Å². The largest absolute Gasteiger partial charge is 0.494 e.